The summed E-state index contributed by atoms with van der Waals surface area (Å²) in [5.74, 6) is -0.409. The van der Waals surface area contributed by atoms with E-state index in [2.05, 4.69) is 5.32 Å². The first-order valence-electron chi connectivity index (χ1n) is 7.47. The predicted octanol–water partition coefficient (Wildman–Crippen LogP) is 0.593. The number of unbranched alkanes of at least 4 members (excludes halogenated alkanes) is 2. The van der Waals surface area contributed by atoms with Gasteiger partial charge in [-0.25, -0.2) is 4.79 Å². The number of fused-ring (bicyclic) bond motifs is 1. The van der Waals surface area contributed by atoms with Gasteiger partial charge >= 0.3 is 5.97 Å². The van der Waals surface area contributed by atoms with Crippen molar-refractivity contribution in [3.8, 4) is 0 Å². The lowest BCUT2D eigenvalue weighted by Gasteiger charge is -2.49. The third-order valence-corrected chi connectivity index (χ3v) is 5.25. The average molecular weight is 340 g/mol. The van der Waals surface area contributed by atoms with Gasteiger partial charge in [-0.2, -0.15) is 0 Å². The Kier molecular flexibility index (Phi) is 5.81. The van der Waals surface area contributed by atoms with Crippen LogP contribution in [0, 0.1) is 0 Å². The lowest BCUT2D eigenvalue weighted by molar-refractivity contribution is -0.151. The van der Waals surface area contributed by atoms with E-state index in [-0.39, 0.29) is 29.3 Å². The number of carbonyl (C=O) groups excluding carboxylic acids is 4. The molecule has 0 radical (unpaired) electrons. The number of carbonyl (C=O) groups is 4. The van der Waals surface area contributed by atoms with E-state index in [0.29, 0.717) is 25.0 Å². The van der Waals surface area contributed by atoms with Crippen molar-refractivity contribution >= 4 is 35.8 Å². The molecule has 0 spiro atoms. The SMILES string of the molecule is COC(=O)C1=C(C)CSC2C(NC(=O)CCCCC=O)C(=O)N12. The summed E-state index contributed by atoms with van der Waals surface area (Å²) < 4.78 is 4.74. The second-order valence-corrected chi connectivity index (χ2v) is 6.59. The van der Waals surface area contributed by atoms with Crippen LogP contribution in [-0.4, -0.2) is 53.2 Å². The van der Waals surface area contributed by atoms with Crippen molar-refractivity contribution < 1.29 is 23.9 Å². The van der Waals surface area contributed by atoms with Gasteiger partial charge in [0.2, 0.25) is 5.91 Å². The van der Waals surface area contributed by atoms with Gasteiger partial charge in [0.25, 0.3) is 5.91 Å². The van der Waals surface area contributed by atoms with Gasteiger partial charge in [0.05, 0.1) is 7.11 Å². The third kappa shape index (κ3) is 3.57. The summed E-state index contributed by atoms with van der Waals surface area (Å²) in [5.41, 5.74) is 1.09. The second-order valence-electron chi connectivity index (χ2n) is 5.49. The molecule has 0 aromatic carbocycles. The molecule has 7 nitrogen and oxygen atoms in total. The quantitative estimate of drug-likeness (QED) is 0.316. The number of hydrogen-bond acceptors (Lipinski definition) is 6. The van der Waals surface area contributed by atoms with Crippen LogP contribution < -0.4 is 5.32 Å². The monoisotopic (exact) mass is 340 g/mol. The van der Waals surface area contributed by atoms with Gasteiger partial charge in [0, 0.05) is 18.6 Å². The van der Waals surface area contributed by atoms with Crippen LogP contribution in [-0.2, 0) is 23.9 Å². The van der Waals surface area contributed by atoms with Gasteiger partial charge in [-0.3, -0.25) is 14.5 Å². The smallest absolute Gasteiger partial charge is 0.354 e. The van der Waals surface area contributed by atoms with Gasteiger partial charge in [-0.15, -0.1) is 11.8 Å². The van der Waals surface area contributed by atoms with Crippen LogP contribution in [0.2, 0.25) is 0 Å². The van der Waals surface area contributed by atoms with E-state index >= 15 is 0 Å². The Morgan fingerprint density at radius 2 is 2.17 bits per heavy atom. The molecule has 0 aromatic heterocycles. The molecule has 1 fully saturated rings. The summed E-state index contributed by atoms with van der Waals surface area (Å²) in [4.78, 5) is 47.7. The lowest BCUT2D eigenvalue weighted by atomic mass is 10.0. The third-order valence-electron chi connectivity index (χ3n) is 3.83. The summed E-state index contributed by atoms with van der Waals surface area (Å²) in [6.45, 7) is 1.79. The molecule has 2 atom stereocenters. The van der Waals surface area contributed by atoms with Crippen molar-refractivity contribution in [3.05, 3.63) is 11.3 Å². The van der Waals surface area contributed by atoms with E-state index in [4.69, 9.17) is 4.74 Å². The van der Waals surface area contributed by atoms with Gasteiger partial charge in [0.1, 0.15) is 23.4 Å². The molecular formula is C15H20N2O5S. The molecule has 2 aliphatic rings. The number of amides is 2. The summed E-state index contributed by atoms with van der Waals surface area (Å²) in [6, 6.07) is -0.605. The van der Waals surface area contributed by atoms with Crippen molar-refractivity contribution in [1.29, 1.82) is 0 Å². The number of esters is 1. The highest BCUT2D eigenvalue weighted by Gasteiger charge is 2.53. The maximum absolute atomic E-state index is 12.3. The lowest BCUT2D eigenvalue weighted by Crippen LogP contribution is -2.70. The highest BCUT2D eigenvalue weighted by molar-refractivity contribution is 8.00. The van der Waals surface area contributed by atoms with Crippen LogP contribution >= 0.6 is 11.8 Å². The normalized spacial score (nSPS) is 23.0. The first-order chi connectivity index (χ1) is 11.0. The minimum Gasteiger partial charge on any atom is -0.464 e. The van der Waals surface area contributed by atoms with E-state index in [0.717, 1.165) is 11.9 Å². The summed E-state index contributed by atoms with van der Waals surface area (Å²) in [5, 5.41) is 2.46. The van der Waals surface area contributed by atoms with Crippen LogP contribution in [0.15, 0.2) is 11.3 Å². The van der Waals surface area contributed by atoms with Gasteiger partial charge in [-0.1, -0.05) is 0 Å². The van der Waals surface area contributed by atoms with Crippen molar-refractivity contribution in [3.63, 3.8) is 0 Å². The number of rotatable bonds is 7. The molecule has 2 aliphatic heterocycles. The zero-order valence-corrected chi connectivity index (χ0v) is 14.0. The van der Waals surface area contributed by atoms with E-state index < -0.39 is 12.0 Å². The molecule has 2 amide bonds. The minimum atomic E-state index is -0.605. The maximum atomic E-state index is 12.3. The number of hydrogen-bond donors (Lipinski definition) is 1. The van der Waals surface area contributed by atoms with Crippen LogP contribution in [0.5, 0.6) is 0 Å². The maximum Gasteiger partial charge on any atom is 0.354 e. The molecule has 8 heteroatoms. The fourth-order valence-corrected chi connectivity index (χ4v) is 3.91. The zero-order valence-electron chi connectivity index (χ0n) is 13.2. The van der Waals surface area contributed by atoms with E-state index in [9.17, 15) is 19.2 Å². The van der Waals surface area contributed by atoms with Crippen molar-refractivity contribution in [2.45, 2.75) is 44.0 Å². The molecule has 2 heterocycles. The van der Waals surface area contributed by atoms with E-state index in [1.54, 1.807) is 6.92 Å². The molecule has 0 bridgehead atoms. The number of nitrogens with zero attached hydrogens (tertiary/aromatic N) is 1. The molecule has 2 unspecified atom stereocenters. The average Bonchev–Trinajstić information content (AvgIpc) is 2.55. The topological polar surface area (TPSA) is 92.8 Å². The molecule has 23 heavy (non-hydrogen) atoms. The number of thioether (sulfide) groups is 1. The highest BCUT2D eigenvalue weighted by atomic mass is 32.2. The highest BCUT2D eigenvalue weighted by Crippen LogP contribution is 2.40. The molecule has 2 rings (SSSR count). The predicted molar refractivity (Wildman–Crippen MR) is 84.3 cm³/mol. The Hall–Kier alpha value is -1.83. The molecule has 0 aromatic rings. The van der Waals surface area contributed by atoms with Crippen LogP contribution in [0.25, 0.3) is 0 Å². The van der Waals surface area contributed by atoms with Gasteiger partial charge in [0.15, 0.2) is 0 Å². The van der Waals surface area contributed by atoms with E-state index in [1.165, 1.54) is 23.8 Å². The fourth-order valence-electron chi connectivity index (χ4n) is 2.62. The summed E-state index contributed by atoms with van der Waals surface area (Å²) in [7, 11) is 1.28. The second kappa shape index (κ2) is 7.63. The minimum absolute atomic E-state index is 0.208. The molecule has 0 aliphatic carbocycles. The van der Waals surface area contributed by atoms with Gasteiger partial charge in [-0.05, 0) is 25.3 Å². The van der Waals surface area contributed by atoms with E-state index in [1.807, 2.05) is 0 Å². The molecular weight excluding hydrogens is 320 g/mol. The number of methoxy groups -OCH3 is 1. The number of aldehydes is 1. The first kappa shape index (κ1) is 17.5. The Morgan fingerprint density at radius 1 is 1.43 bits per heavy atom. The van der Waals surface area contributed by atoms with Crippen molar-refractivity contribution in [2.75, 3.05) is 12.9 Å². The Labute approximate surface area is 138 Å². The summed E-state index contributed by atoms with van der Waals surface area (Å²) in [6.07, 6.45) is 2.82. The van der Waals surface area contributed by atoms with Crippen LogP contribution in [0.3, 0.4) is 0 Å². The zero-order chi connectivity index (χ0) is 17.0. The van der Waals surface area contributed by atoms with Gasteiger partial charge < -0.3 is 14.8 Å². The number of ether oxygens (including phenoxy) is 1. The first-order valence-corrected chi connectivity index (χ1v) is 8.52. The Morgan fingerprint density at radius 3 is 2.83 bits per heavy atom. The van der Waals surface area contributed by atoms with Crippen LogP contribution in [0.1, 0.15) is 32.6 Å². The largest absolute Gasteiger partial charge is 0.464 e. The van der Waals surface area contributed by atoms with Crippen molar-refractivity contribution in [2.24, 2.45) is 0 Å². The number of nitrogens with one attached hydrogen (secondary N) is 1. The molecule has 1 saturated heterocycles. The Bertz CT molecular complexity index is 560. The summed E-state index contributed by atoms with van der Waals surface area (Å²) >= 11 is 1.52. The molecule has 126 valence electrons. The number of β-lactam (4-membered cyclic amide) rings is 1. The van der Waals surface area contributed by atoms with Crippen molar-refractivity contribution in [1.82, 2.24) is 10.2 Å². The fraction of sp³-hybridized carbons (Fsp3) is 0.600. The standard InChI is InChI=1S/C15H20N2O5S/c1-9-8-23-14-11(16-10(19)6-4-3-5-7-18)13(20)17(14)12(9)15(21)22-2/h7,11,14H,3-6,8H2,1-2H3,(H,16,19). The Balaban J connectivity index is 1.94. The molecule has 0 saturated carbocycles. The molecule has 1 N–H and O–H groups in total. The van der Waals surface area contributed by atoms with Crippen LogP contribution in [0.4, 0.5) is 0 Å².